The van der Waals surface area contributed by atoms with E-state index in [4.69, 9.17) is 17.0 Å². The fourth-order valence-electron chi connectivity index (χ4n) is 2.06. The number of azo groups is 1. The third-order valence-corrected chi connectivity index (χ3v) is 4.16. The highest BCUT2D eigenvalue weighted by Crippen LogP contribution is 2.17. The van der Waals surface area contributed by atoms with Crippen LogP contribution in [0.1, 0.15) is 11.1 Å². The van der Waals surface area contributed by atoms with Crippen LogP contribution in [0.2, 0.25) is 0 Å². The van der Waals surface area contributed by atoms with Crippen molar-refractivity contribution in [3.05, 3.63) is 76.4 Å². The minimum Gasteiger partial charge on any atom is -0.489 e. The normalized spacial score (nSPS) is 14.3. The summed E-state index contributed by atoms with van der Waals surface area (Å²) >= 11 is 8.37. The molecule has 2 aromatic carbocycles. The highest BCUT2D eigenvalue weighted by molar-refractivity contribution is 9.10. The molecule has 0 N–H and O–H groups in total. The molecule has 0 saturated carbocycles. The molecule has 0 spiro atoms. The van der Waals surface area contributed by atoms with E-state index in [2.05, 4.69) is 37.8 Å². The third kappa shape index (κ3) is 4.47. The standard InChI is InChI=1S/C18H13BrN4O2S/c1-12-17(24)23(18(26)22-21-12)20-10-14-3-2-4-16(9-14)25-11-13-5-7-15(19)8-6-13/h2-10H,1,11H2/b20-10+. The monoisotopic (exact) mass is 428 g/mol. The Morgan fingerprint density at radius 3 is 2.77 bits per heavy atom. The number of hydrogen-bond donors (Lipinski definition) is 0. The maximum atomic E-state index is 12.0. The van der Waals surface area contributed by atoms with Crippen molar-refractivity contribution in [2.24, 2.45) is 15.3 Å². The second-order valence-electron chi connectivity index (χ2n) is 5.28. The number of carbonyl (C=O) groups excluding carboxylic acids is 1. The summed E-state index contributed by atoms with van der Waals surface area (Å²) in [6.07, 6.45) is 1.50. The van der Waals surface area contributed by atoms with Crippen molar-refractivity contribution in [2.75, 3.05) is 0 Å². The predicted molar refractivity (Wildman–Crippen MR) is 106 cm³/mol. The predicted octanol–water partition coefficient (Wildman–Crippen LogP) is 4.46. The first kappa shape index (κ1) is 18.1. The Balaban J connectivity index is 1.68. The van der Waals surface area contributed by atoms with E-state index < -0.39 is 5.91 Å². The zero-order valence-electron chi connectivity index (χ0n) is 13.5. The molecular weight excluding hydrogens is 416 g/mol. The molecule has 3 rings (SSSR count). The van der Waals surface area contributed by atoms with Gasteiger partial charge in [0.1, 0.15) is 18.1 Å². The van der Waals surface area contributed by atoms with Gasteiger partial charge in [-0.05, 0) is 47.6 Å². The van der Waals surface area contributed by atoms with E-state index in [1.165, 1.54) is 6.21 Å². The number of halogens is 1. The number of amides is 1. The number of ether oxygens (including phenoxy) is 1. The SMILES string of the molecule is C=C1N=NC(=S)N(/N=C/c2cccc(OCc3ccc(Br)cc3)c2)C1=O. The van der Waals surface area contributed by atoms with Crippen molar-refractivity contribution in [3.63, 3.8) is 0 Å². The average molecular weight is 429 g/mol. The number of hydrogen-bond acceptors (Lipinski definition) is 5. The van der Waals surface area contributed by atoms with Gasteiger partial charge in [-0.1, -0.05) is 46.8 Å². The molecule has 0 bridgehead atoms. The Hall–Kier alpha value is -2.71. The van der Waals surface area contributed by atoms with Crippen molar-refractivity contribution < 1.29 is 9.53 Å². The second-order valence-corrected chi connectivity index (χ2v) is 6.56. The van der Waals surface area contributed by atoms with E-state index in [1.54, 1.807) is 0 Å². The van der Waals surface area contributed by atoms with Gasteiger partial charge in [-0.3, -0.25) is 4.79 Å². The number of carbonyl (C=O) groups is 1. The Morgan fingerprint density at radius 2 is 2.00 bits per heavy atom. The lowest BCUT2D eigenvalue weighted by molar-refractivity contribution is -0.123. The van der Waals surface area contributed by atoms with E-state index in [1.807, 2.05) is 48.5 Å². The van der Waals surface area contributed by atoms with Crippen molar-refractivity contribution in [3.8, 4) is 5.75 Å². The van der Waals surface area contributed by atoms with Gasteiger partial charge >= 0.3 is 5.91 Å². The molecule has 6 nitrogen and oxygen atoms in total. The van der Waals surface area contributed by atoms with E-state index >= 15 is 0 Å². The van der Waals surface area contributed by atoms with Crippen molar-refractivity contribution in [2.45, 2.75) is 6.61 Å². The van der Waals surface area contributed by atoms with E-state index in [0.29, 0.717) is 12.4 Å². The van der Waals surface area contributed by atoms with Crippen LogP contribution in [-0.4, -0.2) is 22.2 Å². The van der Waals surface area contributed by atoms with Crippen LogP contribution in [0.15, 0.2) is 80.6 Å². The van der Waals surface area contributed by atoms with Crippen LogP contribution in [0.25, 0.3) is 0 Å². The molecule has 0 unspecified atom stereocenters. The lowest BCUT2D eigenvalue weighted by atomic mass is 10.2. The Labute approximate surface area is 164 Å². The number of benzene rings is 2. The zero-order chi connectivity index (χ0) is 18.5. The van der Waals surface area contributed by atoms with Crippen molar-refractivity contribution in [1.29, 1.82) is 0 Å². The summed E-state index contributed by atoms with van der Waals surface area (Å²) < 4.78 is 6.81. The number of rotatable bonds is 5. The number of hydrazone groups is 1. The van der Waals surface area contributed by atoms with Gasteiger partial charge < -0.3 is 4.74 Å². The van der Waals surface area contributed by atoms with E-state index in [9.17, 15) is 4.79 Å². The van der Waals surface area contributed by atoms with Crippen LogP contribution in [0, 0.1) is 0 Å². The first-order valence-electron chi connectivity index (χ1n) is 7.53. The molecule has 8 heteroatoms. The van der Waals surface area contributed by atoms with E-state index in [-0.39, 0.29) is 10.8 Å². The molecule has 0 aliphatic carbocycles. The highest BCUT2D eigenvalue weighted by atomic mass is 79.9. The maximum absolute atomic E-state index is 12.0. The number of nitrogens with zero attached hydrogens (tertiary/aromatic N) is 4. The largest absolute Gasteiger partial charge is 0.489 e. The molecule has 1 amide bonds. The van der Waals surface area contributed by atoms with Crippen LogP contribution in [0.5, 0.6) is 5.75 Å². The van der Waals surface area contributed by atoms with Gasteiger partial charge in [-0.25, -0.2) is 0 Å². The summed E-state index contributed by atoms with van der Waals surface area (Å²) in [5.74, 6) is 0.192. The molecule has 0 radical (unpaired) electrons. The molecule has 130 valence electrons. The quantitative estimate of drug-likeness (QED) is 0.401. The van der Waals surface area contributed by atoms with Crippen molar-refractivity contribution >= 4 is 45.4 Å². The zero-order valence-corrected chi connectivity index (χ0v) is 15.9. The molecule has 0 fully saturated rings. The van der Waals surface area contributed by atoms with E-state index in [0.717, 1.165) is 20.6 Å². The first-order valence-corrected chi connectivity index (χ1v) is 8.73. The molecular formula is C18H13BrN4O2S. The van der Waals surface area contributed by atoms with Gasteiger partial charge in [-0.2, -0.15) is 10.1 Å². The summed E-state index contributed by atoms with van der Waals surface area (Å²) in [5, 5.41) is 12.3. The highest BCUT2D eigenvalue weighted by Gasteiger charge is 2.24. The molecule has 1 aliphatic rings. The second kappa shape index (κ2) is 8.11. The third-order valence-electron chi connectivity index (χ3n) is 3.38. The smallest absolute Gasteiger partial charge is 0.300 e. The summed E-state index contributed by atoms with van der Waals surface area (Å²) in [4.78, 5) is 12.0. The molecule has 1 heterocycles. The fourth-order valence-corrected chi connectivity index (χ4v) is 2.49. The Bertz CT molecular complexity index is 925. The molecule has 0 atom stereocenters. The van der Waals surface area contributed by atoms with Gasteiger partial charge in [0.15, 0.2) is 0 Å². The van der Waals surface area contributed by atoms with Gasteiger partial charge in [0.2, 0.25) is 5.11 Å². The maximum Gasteiger partial charge on any atom is 0.300 e. The van der Waals surface area contributed by atoms with Gasteiger partial charge in [-0.15, -0.1) is 10.2 Å². The van der Waals surface area contributed by atoms with Crippen LogP contribution in [0.4, 0.5) is 0 Å². The van der Waals surface area contributed by atoms with Gasteiger partial charge in [0.25, 0.3) is 0 Å². The summed E-state index contributed by atoms with van der Waals surface area (Å²) in [7, 11) is 0. The van der Waals surface area contributed by atoms with Crippen LogP contribution in [0.3, 0.4) is 0 Å². The average Bonchev–Trinajstić information content (AvgIpc) is 2.65. The summed E-state index contributed by atoms with van der Waals surface area (Å²) in [6, 6.07) is 15.2. The minimum absolute atomic E-state index is 0.0117. The lowest BCUT2D eigenvalue weighted by Gasteiger charge is -2.16. The van der Waals surface area contributed by atoms with Crippen LogP contribution in [-0.2, 0) is 11.4 Å². The number of thiocarbonyl (C=S) groups is 1. The molecule has 1 aliphatic heterocycles. The summed E-state index contributed by atoms with van der Waals surface area (Å²) in [5.41, 5.74) is 1.80. The molecule has 26 heavy (non-hydrogen) atoms. The topological polar surface area (TPSA) is 66.6 Å². The van der Waals surface area contributed by atoms with Crippen LogP contribution >= 0.6 is 28.1 Å². The molecule has 0 saturated heterocycles. The van der Waals surface area contributed by atoms with Crippen molar-refractivity contribution in [1.82, 2.24) is 5.01 Å². The first-order chi connectivity index (χ1) is 12.5. The Kier molecular flexibility index (Phi) is 5.65. The lowest BCUT2D eigenvalue weighted by Crippen LogP contribution is -2.33. The van der Waals surface area contributed by atoms with Crippen LogP contribution < -0.4 is 4.74 Å². The summed E-state index contributed by atoms with van der Waals surface area (Å²) in [6.45, 7) is 3.95. The van der Waals surface area contributed by atoms with Gasteiger partial charge in [0.05, 0.1) is 6.21 Å². The van der Waals surface area contributed by atoms with Gasteiger partial charge in [0, 0.05) is 4.47 Å². The fraction of sp³-hybridized carbons (Fsp3) is 0.0556. The minimum atomic E-state index is -0.496. The Morgan fingerprint density at radius 1 is 1.23 bits per heavy atom. The molecule has 0 aromatic heterocycles. The molecule has 2 aromatic rings.